The molecule has 4 N–H and O–H groups in total. The molecule has 2 rings (SSSR count). The summed E-state index contributed by atoms with van der Waals surface area (Å²) < 4.78 is 5.13. The minimum Gasteiger partial charge on any atom is -0.387 e. The van der Waals surface area contributed by atoms with E-state index in [9.17, 15) is 24.9 Å². The van der Waals surface area contributed by atoms with Crippen molar-refractivity contribution >= 4 is 11.8 Å². The number of aromatic nitrogens is 1. The van der Waals surface area contributed by atoms with Gasteiger partial charge in [0.2, 0.25) is 5.91 Å². The Bertz CT molecular complexity index is 795. The highest BCUT2D eigenvalue weighted by atomic mass is 16.5. The molecular formula is C24H37N3O6. The summed E-state index contributed by atoms with van der Waals surface area (Å²) in [4.78, 5) is 31.7. The number of carbonyl (C=O) groups is 2. The van der Waals surface area contributed by atoms with Gasteiger partial charge in [-0.25, -0.2) is 0 Å². The van der Waals surface area contributed by atoms with Crippen LogP contribution in [0.4, 0.5) is 0 Å². The van der Waals surface area contributed by atoms with Crippen molar-refractivity contribution in [3.05, 3.63) is 42.2 Å². The quantitative estimate of drug-likeness (QED) is 0.398. The number of allylic oxidation sites excluding steroid dienone is 1. The van der Waals surface area contributed by atoms with E-state index in [1.807, 2.05) is 26.8 Å². The molecule has 184 valence electrons. The zero-order valence-corrected chi connectivity index (χ0v) is 19.8. The number of carbonyl (C=O) groups excluding carboxylic acids is 2. The van der Waals surface area contributed by atoms with Gasteiger partial charge in [-0.1, -0.05) is 39.0 Å². The van der Waals surface area contributed by atoms with E-state index in [4.69, 9.17) is 4.74 Å². The van der Waals surface area contributed by atoms with Crippen molar-refractivity contribution in [3.63, 3.8) is 0 Å². The van der Waals surface area contributed by atoms with Crippen molar-refractivity contribution in [3.8, 4) is 0 Å². The third-order valence-electron chi connectivity index (χ3n) is 5.51. The summed E-state index contributed by atoms with van der Waals surface area (Å²) in [7, 11) is 1.22. The molecule has 5 atom stereocenters. The molecule has 33 heavy (non-hydrogen) atoms. The Balaban J connectivity index is 2.05. The van der Waals surface area contributed by atoms with Gasteiger partial charge in [-0.05, 0) is 36.3 Å². The maximum Gasteiger partial charge on any atom is 0.252 e. The zero-order chi connectivity index (χ0) is 24.6. The van der Waals surface area contributed by atoms with Crippen LogP contribution in [0.1, 0.15) is 45.6 Å². The van der Waals surface area contributed by atoms with Crippen LogP contribution in [-0.2, 0) is 20.9 Å². The van der Waals surface area contributed by atoms with E-state index in [0.29, 0.717) is 19.5 Å². The number of ether oxygens (including phenoxy) is 1. The molecule has 1 aromatic heterocycles. The zero-order valence-electron chi connectivity index (χ0n) is 19.8. The molecule has 0 spiro atoms. The predicted molar refractivity (Wildman–Crippen MR) is 123 cm³/mol. The van der Waals surface area contributed by atoms with Crippen LogP contribution in [0.15, 0.2) is 36.7 Å². The highest BCUT2D eigenvalue weighted by Crippen LogP contribution is 2.18. The number of hydrogen-bond donors (Lipinski definition) is 4. The van der Waals surface area contributed by atoms with Gasteiger partial charge >= 0.3 is 0 Å². The maximum absolute atomic E-state index is 13.1. The number of rotatable bonds is 9. The molecule has 1 aliphatic heterocycles. The third-order valence-corrected chi connectivity index (χ3v) is 5.51. The fraction of sp³-hybridized carbons (Fsp3) is 0.625. The molecule has 0 bridgehead atoms. The Hall–Kier alpha value is -2.33. The van der Waals surface area contributed by atoms with Gasteiger partial charge in [-0.15, -0.1) is 0 Å². The van der Waals surface area contributed by atoms with Gasteiger partial charge in [0.1, 0.15) is 24.4 Å². The fourth-order valence-electron chi connectivity index (χ4n) is 3.65. The molecule has 1 fully saturated rings. The van der Waals surface area contributed by atoms with Crippen LogP contribution < -0.4 is 5.32 Å². The number of hydrogen-bond acceptors (Lipinski definition) is 7. The van der Waals surface area contributed by atoms with Crippen LogP contribution in [0.2, 0.25) is 0 Å². The molecule has 2 amide bonds. The normalized spacial score (nSPS) is 21.4. The Kier molecular flexibility index (Phi) is 9.97. The van der Waals surface area contributed by atoms with Crippen molar-refractivity contribution in [2.45, 2.75) is 77.0 Å². The van der Waals surface area contributed by atoms with Gasteiger partial charge in [0.05, 0.1) is 0 Å². The molecule has 0 aromatic carbocycles. The Labute approximate surface area is 195 Å². The summed E-state index contributed by atoms with van der Waals surface area (Å²) in [5, 5.41) is 33.7. The van der Waals surface area contributed by atoms with Crippen molar-refractivity contribution in [2.24, 2.45) is 5.41 Å². The molecule has 0 radical (unpaired) electrons. The third kappa shape index (κ3) is 8.19. The van der Waals surface area contributed by atoms with E-state index in [-0.39, 0.29) is 11.3 Å². The molecule has 2 heterocycles. The lowest BCUT2D eigenvalue weighted by Crippen LogP contribution is -2.55. The van der Waals surface area contributed by atoms with Crippen molar-refractivity contribution in [1.29, 1.82) is 0 Å². The topological polar surface area (TPSA) is 132 Å². The first-order chi connectivity index (χ1) is 15.5. The van der Waals surface area contributed by atoms with Gasteiger partial charge in [0, 0.05) is 32.6 Å². The number of aliphatic hydroxyl groups is 3. The summed E-state index contributed by atoms with van der Waals surface area (Å²) in [5.74, 6) is -0.944. The Morgan fingerprint density at radius 1 is 1.30 bits per heavy atom. The second-order valence-electron chi connectivity index (χ2n) is 9.53. The van der Waals surface area contributed by atoms with Crippen LogP contribution in [0.5, 0.6) is 0 Å². The minimum atomic E-state index is -1.69. The highest BCUT2D eigenvalue weighted by Gasteiger charge is 2.37. The largest absolute Gasteiger partial charge is 0.387 e. The highest BCUT2D eigenvalue weighted by molar-refractivity contribution is 5.89. The Morgan fingerprint density at radius 2 is 2.03 bits per heavy atom. The first kappa shape index (κ1) is 26.9. The van der Waals surface area contributed by atoms with Crippen molar-refractivity contribution < 1.29 is 29.6 Å². The first-order valence-electron chi connectivity index (χ1n) is 11.3. The smallest absolute Gasteiger partial charge is 0.252 e. The minimum absolute atomic E-state index is 0.220. The van der Waals surface area contributed by atoms with E-state index in [2.05, 4.69) is 10.3 Å². The van der Waals surface area contributed by atoms with E-state index in [1.165, 1.54) is 13.2 Å². The van der Waals surface area contributed by atoms with Crippen molar-refractivity contribution in [2.75, 3.05) is 13.7 Å². The van der Waals surface area contributed by atoms with Crippen LogP contribution in [-0.4, -0.2) is 81.1 Å². The van der Waals surface area contributed by atoms with Gasteiger partial charge in [-0.3, -0.25) is 14.6 Å². The first-order valence-corrected chi connectivity index (χ1v) is 11.3. The van der Waals surface area contributed by atoms with Crippen LogP contribution >= 0.6 is 0 Å². The molecule has 1 saturated heterocycles. The SMILES string of the molecule is CO[C@@H](C(=O)N[C@H]1CCCCN(Cc2cccnc2)C1=O)[C@H](O)[C@@H](O)[C@H](O)/C=C/C(C)(C)C. The standard InChI is InChI=1S/C24H37N3O6/c1-24(2,3)11-10-18(28)19(29)20(30)21(33-4)22(31)26-17-9-5-6-13-27(23(17)32)15-16-8-7-12-25-14-16/h7-8,10-12,14,17-21,28-30H,5-6,9,13,15H2,1-4H3,(H,26,31)/b11-10+/t17-,18+,19-,20+,21+/m0/s1. The van der Waals surface area contributed by atoms with E-state index >= 15 is 0 Å². The molecule has 0 unspecified atom stereocenters. The number of nitrogens with one attached hydrogen (secondary N) is 1. The molecule has 0 aliphatic carbocycles. The summed E-state index contributed by atoms with van der Waals surface area (Å²) in [6.07, 6.45) is 2.27. The molecule has 1 aliphatic rings. The molecule has 9 heteroatoms. The van der Waals surface area contributed by atoms with Gasteiger partial charge in [0.25, 0.3) is 5.91 Å². The molecule has 1 aromatic rings. The summed E-state index contributed by atoms with van der Waals surface area (Å²) in [6.45, 7) is 6.73. The molecule has 9 nitrogen and oxygen atoms in total. The predicted octanol–water partition coefficient (Wildman–Crippen LogP) is 0.779. The monoisotopic (exact) mass is 463 g/mol. The van der Waals surface area contributed by atoms with Crippen molar-refractivity contribution in [1.82, 2.24) is 15.2 Å². The second kappa shape index (κ2) is 12.2. The second-order valence-corrected chi connectivity index (χ2v) is 9.53. The average molecular weight is 464 g/mol. The summed E-state index contributed by atoms with van der Waals surface area (Å²) in [5.41, 5.74) is 0.661. The average Bonchev–Trinajstić information content (AvgIpc) is 2.93. The fourth-order valence-corrected chi connectivity index (χ4v) is 3.65. The number of pyridine rings is 1. The molecular weight excluding hydrogens is 426 g/mol. The van der Waals surface area contributed by atoms with Gasteiger partial charge < -0.3 is 30.3 Å². The van der Waals surface area contributed by atoms with Gasteiger partial charge in [-0.2, -0.15) is 0 Å². The Morgan fingerprint density at radius 3 is 2.64 bits per heavy atom. The van der Waals surface area contributed by atoms with E-state index in [0.717, 1.165) is 18.4 Å². The summed E-state index contributed by atoms with van der Waals surface area (Å²) >= 11 is 0. The number of likely N-dealkylation sites (tertiary alicyclic amines) is 1. The van der Waals surface area contributed by atoms with Crippen LogP contribution in [0.3, 0.4) is 0 Å². The summed E-state index contributed by atoms with van der Waals surface area (Å²) in [6, 6.07) is 2.92. The lowest BCUT2D eigenvalue weighted by molar-refractivity contribution is -0.151. The number of nitrogens with zero attached hydrogens (tertiary/aromatic N) is 2. The van der Waals surface area contributed by atoms with Crippen LogP contribution in [0, 0.1) is 5.41 Å². The number of aliphatic hydroxyl groups excluding tert-OH is 3. The van der Waals surface area contributed by atoms with Crippen LogP contribution in [0.25, 0.3) is 0 Å². The number of methoxy groups -OCH3 is 1. The van der Waals surface area contributed by atoms with E-state index in [1.54, 1.807) is 29.4 Å². The molecule has 0 saturated carbocycles. The maximum atomic E-state index is 13.1. The lowest BCUT2D eigenvalue weighted by Gasteiger charge is -2.29. The number of amides is 2. The van der Waals surface area contributed by atoms with Gasteiger partial charge in [0.15, 0.2) is 6.10 Å². The lowest BCUT2D eigenvalue weighted by atomic mass is 9.94. The van der Waals surface area contributed by atoms with E-state index < -0.39 is 36.4 Å².